The molecule has 0 saturated carbocycles. The Morgan fingerprint density at radius 1 is 1.00 bits per heavy atom. The van der Waals surface area contributed by atoms with Gasteiger partial charge in [0, 0.05) is 23.8 Å². The maximum absolute atomic E-state index is 4.75. The highest BCUT2D eigenvalue weighted by atomic mass is 15.3. The van der Waals surface area contributed by atoms with Crippen molar-refractivity contribution >= 4 is 0 Å². The average molecular weight is 293 g/mol. The summed E-state index contributed by atoms with van der Waals surface area (Å²) in [5.41, 5.74) is 3.94. The molecule has 0 aliphatic rings. The molecule has 0 saturated heterocycles. The third-order valence-electron chi connectivity index (χ3n) is 4.52. The number of aryl methyl sites for hydroxylation is 2. The monoisotopic (exact) mass is 293 g/mol. The summed E-state index contributed by atoms with van der Waals surface area (Å²) in [4.78, 5) is 0. The van der Waals surface area contributed by atoms with E-state index in [9.17, 15) is 0 Å². The van der Waals surface area contributed by atoms with Gasteiger partial charge in [-0.25, -0.2) is 0 Å². The smallest absolute Gasteiger partial charge is 0.0644 e. The van der Waals surface area contributed by atoms with Gasteiger partial charge in [0.15, 0.2) is 0 Å². The first-order chi connectivity index (χ1) is 10.2. The minimum atomic E-state index is 0.438. The second-order valence-corrected chi connectivity index (χ2v) is 6.18. The van der Waals surface area contributed by atoms with Crippen molar-refractivity contribution in [3.63, 3.8) is 0 Å². The summed E-state index contributed by atoms with van der Waals surface area (Å²) >= 11 is 0. The Kier molecular flexibility index (Phi) is 8.67. The molecule has 0 radical (unpaired) electrons. The van der Waals surface area contributed by atoms with E-state index in [1.807, 2.05) is 7.05 Å². The van der Waals surface area contributed by atoms with E-state index in [1.165, 1.54) is 61.9 Å². The second kappa shape index (κ2) is 9.99. The molecule has 1 rings (SSSR count). The normalized spacial score (nSPS) is 12.8. The van der Waals surface area contributed by atoms with E-state index in [-0.39, 0.29) is 0 Å². The van der Waals surface area contributed by atoms with E-state index in [4.69, 9.17) is 5.10 Å². The van der Waals surface area contributed by atoms with Gasteiger partial charge in [-0.15, -0.1) is 0 Å². The molecule has 3 nitrogen and oxygen atoms in total. The van der Waals surface area contributed by atoms with Crippen LogP contribution in [0.25, 0.3) is 0 Å². The van der Waals surface area contributed by atoms with Gasteiger partial charge in [-0.1, -0.05) is 52.4 Å². The van der Waals surface area contributed by atoms with Gasteiger partial charge in [0.05, 0.1) is 5.69 Å². The first-order valence-corrected chi connectivity index (χ1v) is 8.86. The summed E-state index contributed by atoms with van der Waals surface area (Å²) in [5.74, 6) is 0. The van der Waals surface area contributed by atoms with E-state index in [0.29, 0.717) is 6.04 Å². The Morgan fingerprint density at radius 3 is 2.19 bits per heavy atom. The van der Waals surface area contributed by atoms with Crippen molar-refractivity contribution < 1.29 is 0 Å². The molecule has 122 valence electrons. The molecule has 0 amide bonds. The van der Waals surface area contributed by atoms with Gasteiger partial charge in [-0.3, -0.25) is 4.68 Å². The van der Waals surface area contributed by atoms with E-state index < -0.39 is 0 Å². The molecule has 1 N–H and O–H groups in total. The van der Waals surface area contributed by atoms with Gasteiger partial charge >= 0.3 is 0 Å². The molecule has 1 aromatic heterocycles. The van der Waals surface area contributed by atoms with Crippen molar-refractivity contribution in [2.45, 2.75) is 91.6 Å². The predicted octanol–water partition coefficient (Wildman–Crippen LogP) is 4.92. The van der Waals surface area contributed by atoms with Crippen molar-refractivity contribution in [2.75, 3.05) is 7.05 Å². The molecule has 21 heavy (non-hydrogen) atoms. The first kappa shape index (κ1) is 18.2. The molecule has 1 unspecified atom stereocenters. The number of aromatic nitrogens is 2. The van der Waals surface area contributed by atoms with E-state index in [2.05, 4.69) is 37.7 Å². The second-order valence-electron chi connectivity index (χ2n) is 6.18. The molecule has 0 bridgehead atoms. The van der Waals surface area contributed by atoms with E-state index >= 15 is 0 Å². The minimum absolute atomic E-state index is 0.438. The molecule has 1 aromatic rings. The molecular formula is C18H35N3. The van der Waals surface area contributed by atoms with E-state index in [0.717, 1.165) is 13.0 Å². The SMILES string of the molecule is CCCCCCCCCn1nc(C)c(C(CC)NC)c1C. The fourth-order valence-electron chi connectivity index (χ4n) is 3.20. The van der Waals surface area contributed by atoms with Gasteiger partial charge in [0.1, 0.15) is 0 Å². The van der Waals surface area contributed by atoms with Gasteiger partial charge in [-0.2, -0.15) is 5.10 Å². The van der Waals surface area contributed by atoms with Gasteiger partial charge in [0.2, 0.25) is 0 Å². The van der Waals surface area contributed by atoms with Crippen LogP contribution in [-0.4, -0.2) is 16.8 Å². The summed E-state index contributed by atoms with van der Waals surface area (Å²) in [6.07, 6.45) is 10.6. The minimum Gasteiger partial charge on any atom is -0.313 e. The molecule has 3 heteroatoms. The van der Waals surface area contributed by atoms with E-state index in [1.54, 1.807) is 0 Å². The molecular weight excluding hydrogens is 258 g/mol. The zero-order chi connectivity index (χ0) is 15.7. The van der Waals surface area contributed by atoms with Crippen LogP contribution in [0.2, 0.25) is 0 Å². The fourth-order valence-corrected chi connectivity index (χ4v) is 3.20. The average Bonchev–Trinajstić information content (AvgIpc) is 2.75. The van der Waals surface area contributed by atoms with Crippen LogP contribution < -0.4 is 5.32 Å². The molecule has 0 spiro atoms. The predicted molar refractivity (Wildman–Crippen MR) is 91.8 cm³/mol. The van der Waals surface area contributed by atoms with Crippen LogP contribution in [0.3, 0.4) is 0 Å². The lowest BCUT2D eigenvalue weighted by molar-refractivity contribution is 0.512. The van der Waals surface area contributed by atoms with Crippen molar-refractivity contribution in [3.8, 4) is 0 Å². The maximum atomic E-state index is 4.75. The number of nitrogens with one attached hydrogen (secondary N) is 1. The Labute approximate surface area is 131 Å². The van der Waals surface area contributed by atoms with Crippen LogP contribution in [0.5, 0.6) is 0 Å². The topological polar surface area (TPSA) is 29.9 Å². The van der Waals surface area contributed by atoms with Crippen LogP contribution in [0, 0.1) is 13.8 Å². The van der Waals surface area contributed by atoms with Crippen LogP contribution in [0.1, 0.15) is 88.2 Å². The molecule has 0 aromatic carbocycles. The third-order valence-corrected chi connectivity index (χ3v) is 4.52. The molecule has 0 aliphatic carbocycles. The third kappa shape index (κ3) is 5.46. The zero-order valence-electron chi connectivity index (χ0n) is 14.8. The summed E-state index contributed by atoms with van der Waals surface area (Å²) in [6, 6.07) is 0.438. The van der Waals surface area contributed by atoms with Gasteiger partial charge in [-0.05, 0) is 33.7 Å². The highest BCUT2D eigenvalue weighted by Crippen LogP contribution is 2.24. The summed E-state index contributed by atoms with van der Waals surface area (Å²) in [7, 11) is 2.04. The quantitative estimate of drug-likeness (QED) is 0.587. The molecule has 1 heterocycles. The number of nitrogens with zero attached hydrogens (tertiary/aromatic N) is 2. The lowest BCUT2D eigenvalue weighted by Gasteiger charge is -2.14. The fraction of sp³-hybridized carbons (Fsp3) is 0.833. The number of rotatable bonds is 11. The number of hydrogen-bond acceptors (Lipinski definition) is 2. The van der Waals surface area contributed by atoms with Crippen molar-refractivity contribution in [1.29, 1.82) is 0 Å². The van der Waals surface area contributed by atoms with Crippen molar-refractivity contribution in [3.05, 3.63) is 17.0 Å². The molecule has 0 fully saturated rings. The Bertz CT molecular complexity index is 391. The number of hydrogen-bond donors (Lipinski definition) is 1. The van der Waals surface area contributed by atoms with Gasteiger partial charge < -0.3 is 5.32 Å². The zero-order valence-corrected chi connectivity index (χ0v) is 14.8. The standard InChI is InChI=1S/C18H35N3/c1-6-8-9-10-11-12-13-14-21-16(4)18(15(3)20-21)17(7-2)19-5/h17,19H,6-14H2,1-5H3. The Balaban J connectivity index is 2.44. The highest BCUT2D eigenvalue weighted by Gasteiger charge is 2.17. The summed E-state index contributed by atoms with van der Waals surface area (Å²) in [5, 5.41) is 8.16. The largest absolute Gasteiger partial charge is 0.313 e. The molecule has 1 atom stereocenters. The van der Waals surface area contributed by atoms with Crippen LogP contribution in [0.4, 0.5) is 0 Å². The Hall–Kier alpha value is -0.830. The lowest BCUT2D eigenvalue weighted by atomic mass is 10.0. The van der Waals surface area contributed by atoms with Crippen molar-refractivity contribution in [1.82, 2.24) is 15.1 Å². The van der Waals surface area contributed by atoms with Crippen molar-refractivity contribution in [2.24, 2.45) is 0 Å². The van der Waals surface area contributed by atoms with Gasteiger partial charge in [0.25, 0.3) is 0 Å². The summed E-state index contributed by atoms with van der Waals surface area (Å²) in [6.45, 7) is 9.93. The van der Waals surface area contributed by atoms with Crippen LogP contribution >= 0.6 is 0 Å². The number of unbranched alkanes of at least 4 members (excludes halogenated alkanes) is 6. The summed E-state index contributed by atoms with van der Waals surface area (Å²) < 4.78 is 2.22. The maximum Gasteiger partial charge on any atom is 0.0644 e. The Morgan fingerprint density at radius 2 is 1.62 bits per heavy atom. The van der Waals surface area contributed by atoms with Crippen LogP contribution in [0.15, 0.2) is 0 Å². The first-order valence-electron chi connectivity index (χ1n) is 8.86. The van der Waals surface area contributed by atoms with Crippen LogP contribution in [-0.2, 0) is 6.54 Å². The lowest BCUT2D eigenvalue weighted by Crippen LogP contribution is -2.17. The molecule has 0 aliphatic heterocycles. The highest BCUT2D eigenvalue weighted by molar-refractivity contribution is 5.28.